The summed E-state index contributed by atoms with van der Waals surface area (Å²) in [5, 5.41) is 4.77. The van der Waals surface area contributed by atoms with Crippen LogP contribution in [0.3, 0.4) is 0 Å². The molecule has 2 N–H and O–H groups in total. The van der Waals surface area contributed by atoms with Gasteiger partial charge in [-0.3, -0.25) is 14.3 Å². The van der Waals surface area contributed by atoms with Crippen molar-refractivity contribution in [3.8, 4) is 11.1 Å². The number of nitrogens with two attached hydrogens (primary N) is 1. The Morgan fingerprint density at radius 2 is 1.85 bits per heavy atom. The number of carbonyl (C=O) groups is 2. The SMILES string of the molecule is CC(C)(C)OC(=O)Cn1nc(C(N)=O)c2ccc(-c3cncnc3)cc21. The first-order valence-electron chi connectivity index (χ1n) is 8.02. The number of primary amides is 1. The van der Waals surface area contributed by atoms with E-state index < -0.39 is 17.5 Å². The van der Waals surface area contributed by atoms with Crippen LogP contribution in [0.1, 0.15) is 31.3 Å². The standard InChI is InChI=1S/C18H19N5O3/c1-18(2,3)26-15(24)9-23-14-6-11(12-7-20-10-21-8-12)4-5-13(14)16(22-23)17(19)25/h4-8,10H,9H2,1-3H3,(H2,19,25). The summed E-state index contributed by atoms with van der Waals surface area (Å²) in [5.41, 5.74) is 7.16. The van der Waals surface area contributed by atoms with Crippen LogP contribution in [0.25, 0.3) is 22.0 Å². The number of ether oxygens (including phenoxy) is 1. The first kappa shape index (κ1) is 17.5. The van der Waals surface area contributed by atoms with Crippen molar-refractivity contribution in [2.75, 3.05) is 0 Å². The van der Waals surface area contributed by atoms with Crippen molar-refractivity contribution in [1.29, 1.82) is 0 Å². The highest BCUT2D eigenvalue weighted by atomic mass is 16.6. The molecule has 3 rings (SSSR count). The van der Waals surface area contributed by atoms with Gasteiger partial charge in [0.25, 0.3) is 5.91 Å². The van der Waals surface area contributed by atoms with Gasteiger partial charge in [0.1, 0.15) is 18.5 Å². The number of rotatable bonds is 4. The summed E-state index contributed by atoms with van der Waals surface area (Å²) in [6.07, 6.45) is 4.80. The predicted octanol–water partition coefficient (Wildman–Crippen LogP) is 1.93. The van der Waals surface area contributed by atoms with Crippen molar-refractivity contribution < 1.29 is 14.3 Å². The van der Waals surface area contributed by atoms with Gasteiger partial charge in [-0.1, -0.05) is 6.07 Å². The molecule has 2 heterocycles. The molecule has 26 heavy (non-hydrogen) atoms. The second-order valence-electron chi connectivity index (χ2n) is 6.82. The molecule has 0 saturated heterocycles. The minimum absolute atomic E-state index is 0.111. The summed E-state index contributed by atoms with van der Waals surface area (Å²) in [7, 11) is 0. The Hall–Kier alpha value is -3.29. The van der Waals surface area contributed by atoms with E-state index in [0.29, 0.717) is 10.9 Å². The van der Waals surface area contributed by atoms with Gasteiger partial charge in [-0.2, -0.15) is 5.10 Å². The minimum Gasteiger partial charge on any atom is -0.459 e. The summed E-state index contributed by atoms with van der Waals surface area (Å²) >= 11 is 0. The topological polar surface area (TPSA) is 113 Å². The van der Waals surface area contributed by atoms with E-state index >= 15 is 0 Å². The van der Waals surface area contributed by atoms with Gasteiger partial charge in [0.2, 0.25) is 0 Å². The number of esters is 1. The molecule has 0 aliphatic rings. The summed E-state index contributed by atoms with van der Waals surface area (Å²) in [6, 6.07) is 5.39. The lowest BCUT2D eigenvalue weighted by atomic mass is 10.1. The zero-order valence-electron chi connectivity index (χ0n) is 14.8. The summed E-state index contributed by atoms with van der Waals surface area (Å²) in [6.45, 7) is 5.23. The number of hydrogen-bond donors (Lipinski definition) is 1. The van der Waals surface area contributed by atoms with Crippen LogP contribution in [-0.4, -0.2) is 37.2 Å². The molecule has 8 heteroatoms. The van der Waals surface area contributed by atoms with Crippen molar-refractivity contribution >= 4 is 22.8 Å². The van der Waals surface area contributed by atoms with Crippen LogP contribution in [0.2, 0.25) is 0 Å². The Bertz CT molecular complexity index is 974. The average molecular weight is 353 g/mol. The maximum Gasteiger partial charge on any atom is 0.328 e. The lowest BCUT2D eigenvalue weighted by molar-refractivity contribution is -0.155. The fourth-order valence-corrected chi connectivity index (χ4v) is 2.60. The van der Waals surface area contributed by atoms with E-state index in [1.54, 1.807) is 39.2 Å². The van der Waals surface area contributed by atoms with Crippen molar-refractivity contribution in [3.63, 3.8) is 0 Å². The maximum absolute atomic E-state index is 12.2. The maximum atomic E-state index is 12.2. The molecule has 1 amide bonds. The van der Waals surface area contributed by atoms with Crippen LogP contribution in [0.4, 0.5) is 0 Å². The van der Waals surface area contributed by atoms with E-state index in [4.69, 9.17) is 10.5 Å². The fourth-order valence-electron chi connectivity index (χ4n) is 2.60. The monoisotopic (exact) mass is 353 g/mol. The fraction of sp³-hybridized carbons (Fsp3) is 0.278. The molecule has 8 nitrogen and oxygen atoms in total. The third kappa shape index (κ3) is 3.69. The van der Waals surface area contributed by atoms with Gasteiger partial charge < -0.3 is 10.5 Å². The van der Waals surface area contributed by atoms with Gasteiger partial charge >= 0.3 is 5.97 Å². The number of carbonyl (C=O) groups excluding carboxylic acids is 2. The minimum atomic E-state index is -0.659. The third-order valence-corrected chi connectivity index (χ3v) is 3.58. The van der Waals surface area contributed by atoms with Gasteiger partial charge in [-0.15, -0.1) is 0 Å². The molecule has 0 aliphatic heterocycles. The zero-order valence-corrected chi connectivity index (χ0v) is 14.8. The molecular weight excluding hydrogens is 334 g/mol. The van der Waals surface area contributed by atoms with Crippen LogP contribution < -0.4 is 5.73 Å². The molecule has 3 aromatic rings. The molecule has 0 saturated carbocycles. The molecule has 134 valence electrons. The Morgan fingerprint density at radius 1 is 1.15 bits per heavy atom. The van der Waals surface area contributed by atoms with Gasteiger partial charge in [-0.25, -0.2) is 9.97 Å². The highest BCUT2D eigenvalue weighted by Crippen LogP contribution is 2.26. The quantitative estimate of drug-likeness (QED) is 0.717. The second kappa shape index (κ2) is 6.55. The lowest BCUT2D eigenvalue weighted by Gasteiger charge is -2.19. The van der Waals surface area contributed by atoms with Crippen molar-refractivity contribution in [2.45, 2.75) is 32.9 Å². The van der Waals surface area contributed by atoms with Crippen LogP contribution >= 0.6 is 0 Å². The van der Waals surface area contributed by atoms with Crippen LogP contribution in [0, 0.1) is 0 Å². The molecule has 0 unspecified atom stereocenters. The van der Waals surface area contributed by atoms with Crippen LogP contribution in [0.15, 0.2) is 36.9 Å². The second-order valence-corrected chi connectivity index (χ2v) is 6.82. The molecule has 0 aliphatic carbocycles. The molecule has 0 bridgehead atoms. The molecular formula is C18H19N5O3. The zero-order chi connectivity index (χ0) is 18.9. The molecule has 0 radical (unpaired) electrons. The molecule has 0 fully saturated rings. The smallest absolute Gasteiger partial charge is 0.328 e. The van der Waals surface area contributed by atoms with Crippen LogP contribution in [0.5, 0.6) is 0 Å². The molecule has 0 atom stereocenters. The first-order valence-corrected chi connectivity index (χ1v) is 8.02. The Balaban J connectivity index is 2.06. The van der Waals surface area contributed by atoms with Gasteiger partial charge in [0, 0.05) is 23.3 Å². The van der Waals surface area contributed by atoms with E-state index in [1.807, 2.05) is 12.1 Å². The highest BCUT2D eigenvalue weighted by Gasteiger charge is 2.21. The van der Waals surface area contributed by atoms with E-state index in [2.05, 4.69) is 15.1 Å². The largest absolute Gasteiger partial charge is 0.459 e. The first-order chi connectivity index (χ1) is 12.2. The lowest BCUT2D eigenvalue weighted by Crippen LogP contribution is -2.27. The number of benzene rings is 1. The average Bonchev–Trinajstić information content (AvgIpc) is 2.92. The van der Waals surface area contributed by atoms with Gasteiger partial charge in [0.05, 0.1) is 5.52 Å². The van der Waals surface area contributed by atoms with Gasteiger partial charge in [0.15, 0.2) is 5.69 Å². The third-order valence-electron chi connectivity index (χ3n) is 3.58. The Kier molecular flexibility index (Phi) is 4.41. The molecule has 2 aromatic heterocycles. The predicted molar refractivity (Wildman–Crippen MR) is 95.1 cm³/mol. The molecule has 1 aromatic carbocycles. The van der Waals surface area contributed by atoms with E-state index in [1.165, 1.54) is 11.0 Å². The number of fused-ring (bicyclic) bond motifs is 1. The highest BCUT2D eigenvalue weighted by molar-refractivity contribution is 6.05. The van der Waals surface area contributed by atoms with Crippen LogP contribution in [-0.2, 0) is 16.1 Å². The Labute approximate surface area is 150 Å². The van der Waals surface area contributed by atoms with Crippen molar-refractivity contribution in [1.82, 2.24) is 19.7 Å². The summed E-state index contributed by atoms with van der Waals surface area (Å²) in [5.74, 6) is -1.11. The molecule has 0 spiro atoms. The number of amides is 1. The summed E-state index contributed by atoms with van der Waals surface area (Å²) in [4.78, 5) is 31.9. The van der Waals surface area contributed by atoms with E-state index in [0.717, 1.165) is 11.1 Å². The number of aromatic nitrogens is 4. The Morgan fingerprint density at radius 3 is 2.46 bits per heavy atom. The van der Waals surface area contributed by atoms with Crippen molar-refractivity contribution in [3.05, 3.63) is 42.6 Å². The van der Waals surface area contributed by atoms with Crippen molar-refractivity contribution in [2.24, 2.45) is 5.73 Å². The van der Waals surface area contributed by atoms with E-state index in [9.17, 15) is 9.59 Å². The van der Waals surface area contributed by atoms with Gasteiger partial charge in [-0.05, 0) is 38.5 Å². The summed E-state index contributed by atoms with van der Waals surface area (Å²) < 4.78 is 6.77. The normalized spacial score (nSPS) is 11.5. The number of nitrogens with zero attached hydrogens (tertiary/aromatic N) is 4. The van der Waals surface area contributed by atoms with E-state index in [-0.39, 0.29) is 12.2 Å². The number of hydrogen-bond acceptors (Lipinski definition) is 6.